The number of nitrogens with zero attached hydrogens (tertiary/aromatic N) is 6. The molecule has 3 N–H and O–H groups in total. The van der Waals surface area contributed by atoms with E-state index in [1.54, 1.807) is 29.9 Å². The summed E-state index contributed by atoms with van der Waals surface area (Å²) in [6.07, 6.45) is -3.16. The number of hydrogen-bond acceptors (Lipinski definition) is 8. The maximum Gasteiger partial charge on any atom is 0.416 e. The van der Waals surface area contributed by atoms with Crippen molar-refractivity contribution in [2.75, 3.05) is 54.6 Å². The lowest BCUT2D eigenvalue weighted by Gasteiger charge is -2.40. The Morgan fingerprint density at radius 1 is 1.02 bits per heavy atom. The van der Waals surface area contributed by atoms with E-state index in [9.17, 15) is 18.0 Å². The topological polar surface area (TPSA) is 103 Å². The van der Waals surface area contributed by atoms with Crippen molar-refractivity contribution < 1.29 is 18.0 Å². The van der Waals surface area contributed by atoms with Gasteiger partial charge in [-0.05, 0) is 63.7 Å². The van der Waals surface area contributed by atoms with Crippen LogP contribution in [0.3, 0.4) is 0 Å². The first-order chi connectivity index (χ1) is 20.4. The Kier molecular flexibility index (Phi) is 8.27. The largest absolute Gasteiger partial charge is 0.416 e. The van der Waals surface area contributed by atoms with Crippen LogP contribution in [-0.2, 0) is 6.18 Å². The molecule has 0 saturated carbocycles. The monoisotopic (exact) mass is 593 g/mol. The molecule has 1 atom stereocenters. The molecule has 3 heterocycles. The lowest BCUT2D eigenvalue weighted by atomic mass is 10.0. The third-order valence-electron chi connectivity index (χ3n) is 7.39. The Bertz CT molecular complexity index is 1640. The fraction of sp³-hybridized carbons (Fsp3) is 0.333. The first kappa shape index (κ1) is 29.8. The minimum atomic E-state index is -4.60. The van der Waals surface area contributed by atoms with Crippen molar-refractivity contribution in [3.05, 3.63) is 77.2 Å². The van der Waals surface area contributed by atoms with Gasteiger partial charge in [0, 0.05) is 67.5 Å². The Morgan fingerprint density at radius 3 is 2.53 bits per heavy atom. The predicted molar refractivity (Wildman–Crippen MR) is 162 cm³/mol. The van der Waals surface area contributed by atoms with E-state index in [4.69, 9.17) is 0 Å². The molecular formula is C30H34F3N9O. The molecule has 4 aromatic rings. The SMILES string of the molecule is CNc1cc(-n2nc(C)cc2Nc2cc(NC(=O)c3cc(N4CCN(C)C[C@@H]4C)cc(C(F)(F)F)c3)ccc2C)ncn1. The minimum Gasteiger partial charge on any atom is -0.373 e. The van der Waals surface area contributed by atoms with Gasteiger partial charge >= 0.3 is 6.18 Å². The molecule has 13 heteroatoms. The summed E-state index contributed by atoms with van der Waals surface area (Å²) >= 11 is 0. The van der Waals surface area contributed by atoms with Crippen molar-refractivity contribution in [2.45, 2.75) is 33.0 Å². The number of likely N-dealkylation sites (N-methyl/N-ethyl adjacent to an activating group) is 1. The third kappa shape index (κ3) is 6.72. The number of aryl methyl sites for hydroxylation is 2. The molecule has 1 amide bonds. The van der Waals surface area contributed by atoms with E-state index in [0.29, 0.717) is 54.2 Å². The summed E-state index contributed by atoms with van der Waals surface area (Å²) in [4.78, 5) is 25.9. The van der Waals surface area contributed by atoms with Crippen molar-refractivity contribution in [1.82, 2.24) is 24.6 Å². The Morgan fingerprint density at radius 2 is 1.81 bits per heavy atom. The molecule has 0 radical (unpaired) electrons. The highest BCUT2D eigenvalue weighted by molar-refractivity contribution is 6.05. The average Bonchev–Trinajstić information content (AvgIpc) is 3.33. The van der Waals surface area contributed by atoms with E-state index >= 15 is 0 Å². The van der Waals surface area contributed by atoms with Gasteiger partial charge in [0.15, 0.2) is 5.82 Å². The first-order valence-electron chi connectivity index (χ1n) is 13.8. The number of halogens is 3. The summed E-state index contributed by atoms with van der Waals surface area (Å²) < 4.78 is 43.3. The molecule has 0 spiro atoms. The fourth-order valence-corrected chi connectivity index (χ4v) is 5.13. The number of rotatable bonds is 7. The van der Waals surface area contributed by atoms with Crippen LogP contribution in [0.2, 0.25) is 0 Å². The lowest BCUT2D eigenvalue weighted by Crippen LogP contribution is -2.50. The molecule has 1 aliphatic heterocycles. The van der Waals surface area contributed by atoms with Crippen molar-refractivity contribution in [3.8, 4) is 5.82 Å². The zero-order chi connectivity index (χ0) is 30.9. The Labute approximate surface area is 247 Å². The maximum absolute atomic E-state index is 13.9. The second-order valence-electron chi connectivity index (χ2n) is 10.8. The van der Waals surface area contributed by atoms with Gasteiger partial charge in [-0.15, -0.1) is 0 Å². The molecule has 226 valence electrons. The van der Waals surface area contributed by atoms with E-state index in [0.717, 1.165) is 23.4 Å². The van der Waals surface area contributed by atoms with Gasteiger partial charge in [-0.25, -0.2) is 9.97 Å². The first-order valence-corrected chi connectivity index (χ1v) is 13.8. The molecule has 43 heavy (non-hydrogen) atoms. The number of benzene rings is 2. The van der Waals surface area contributed by atoms with Gasteiger partial charge in [0.2, 0.25) is 0 Å². The van der Waals surface area contributed by atoms with Crippen LogP contribution in [0.25, 0.3) is 5.82 Å². The summed E-state index contributed by atoms with van der Waals surface area (Å²) in [5.74, 6) is 1.18. The molecular weight excluding hydrogens is 559 g/mol. The Hall–Kier alpha value is -4.65. The molecule has 1 saturated heterocycles. The van der Waals surface area contributed by atoms with Gasteiger partial charge in [0.05, 0.1) is 11.3 Å². The summed E-state index contributed by atoms with van der Waals surface area (Å²) in [5.41, 5.74) is 2.19. The lowest BCUT2D eigenvalue weighted by molar-refractivity contribution is -0.137. The van der Waals surface area contributed by atoms with Gasteiger partial charge < -0.3 is 25.8 Å². The summed E-state index contributed by atoms with van der Waals surface area (Å²) in [5, 5.41) is 13.7. The summed E-state index contributed by atoms with van der Waals surface area (Å²) in [6.45, 7) is 7.72. The van der Waals surface area contributed by atoms with Crippen molar-refractivity contribution in [2.24, 2.45) is 0 Å². The van der Waals surface area contributed by atoms with Crippen molar-refractivity contribution in [3.63, 3.8) is 0 Å². The maximum atomic E-state index is 13.9. The van der Waals surface area contributed by atoms with Gasteiger partial charge in [0.25, 0.3) is 5.91 Å². The molecule has 2 aromatic carbocycles. The van der Waals surface area contributed by atoms with Gasteiger partial charge in [-0.1, -0.05) is 6.07 Å². The molecule has 5 rings (SSSR count). The highest BCUT2D eigenvalue weighted by atomic mass is 19.4. The van der Waals surface area contributed by atoms with Crippen LogP contribution in [-0.4, -0.2) is 70.3 Å². The van der Waals surface area contributed by atoms with Gasteiger partial charge in [0.1, 0.15) is 18.0 Å². The normalized spacial score (nSPS) is 15.8. The number of hydrogen-bond donors (Lipinski definition) is 3. The molecule has 2 aromatic heterocycles. The van der Waals surface area contributed by atoms with Crippen LogP contribution in [0.4, 0.5) is 41.9 Å². The fourth-order valence-electron chi connectivity index (χ4n) is 5.13. The molecule has 0 bridgehead atoms. The van der Waals surface area contributed by atoms with E-state index in [2.05, 4.69) is 35.9 Å². The zero-order valence-corrected chi connectivity index (χ0v) is 24.6. The number of nitrogens with one attached hydrogen (secondary N) is 3. The smallest absolute Gasteiger partial charge is 0.373 e. The standard InChI is InChI=1S/C30H34F3N9O/c1-18-6-7-23(14-25(18)38-28-10-19(2)39-42(28)27-15-26(34-4)35-17-36-27)37-29(43)21-11-22(30(31,32)33)13-24(12-21)41-9-8-40(5)16-20(41)3/h6-7,10-15,17,20,38H,8-9,16H2,1-5H3,(H,37,43)(H,34,35,36)/t20-/m0/s1. The quantitative estimate of drug-likeness (QED) is 0.259. The van der Waals surface area contributed by atoms with E-state index < -0.39 is 17.6 Å². The Balaban J connectivity index is 1.42. The second kappa shape index (κ2) is 11.9. The highest BCUT2D eigenvalue weighted by Gasteiger charge is 2.33. The predicted octanol–water partition coefficient (Wildman–Crippen LogP) is 5.48. The van der Waals surface area contributed by atoms with Gasteiger partial charge in [-0.3, -0.25) is 4.79 Å². The third-order valence-corrected chi connectivity index (χ3v) is 7.39. The van der Waals surface area contributed by atoms with E-state index in [-0.39, 0.29) is 11.6 Å². The highest BCUT2D eigenvalue weighted by Crippen LogP contribution is 2.34. The molecule has 1 aliphatic rings. The number of alkyl halides is 3. The average molecular weight is 594 g/mol. The molecule has 0 aliphatic carbocycles. The van der Waals surface area contributed by atoms with Crippen LogP contribution < -0.4 is 20.9 Å². The van der Waals surface area contributed by atoms with Crippen LogP contribution in [0.5, 0.6) is 0 Å². The van der Waals surface area contributed by atoms with Crippen molar-refractivity contribution >= 4 is 34.6 Å². The van der Waals surface area contributed by atoms with Crippen LogP contribution in [0.1, 0.15) is 34.1 Å². The van der Waals surface area contributed by atoms with Gasteiger partial charge in [-0.2, -0.15) is 23.0 Å². The number of anilines is 5. The van der Waals surface area contributed by atoms with Crippen LogP contribution in [0.15, 0.2) is 54.9 Å². The van der Waals surface area contributed by atoms with Crippen LogP contribution >= 0.6 is 0 Å². The molecule has 10 nitrogen and oxygen atoms in total. The molecule has 1 fully saturated rings. The number of amides is 1. The number of piperazine rings is 1. The summed E-state index contributed by atoms with van der Waals surface area (Å²) in [6, 6.07) is 12.4. The van der Waals surface area contributed by atoms with E-state index in [1.165, 1.54) is 12.4 Å². The van der Waals surface area contributed by atoms with E-state index in [1.807, 2.05) is 44.9 Å². The number of carbonyl (C=O) groups excluding carboxylic acids is 1. The summed E-state index contributed by atoms with van der Waals surface area (Å²) in [7, 11) is 3.74. The zero-order valence-electron chi connectivity index (χ0n) is 24.6. The molecule has 0 unspecified atom stereocenters. The number of carbonyl (C=O) groups is 1. The number of aromatic nitrogens is 4. The second-order valence-corrected chi connectivity index (χ2v) is 10.8. The van der Waals surface area contributed by atoms with Crippen LogP contribution in [0, 0.1) is 13.8 Å². The van der Waals surface area contributed by atoms with Crippen molar-refractivity contribution in [1.29, 1.82) is 0 Å². The minimum absolute atomic E-state index is 0.00637.